The molecule has 2 atom stereocenters. The summed E-state index contributed by atoms with van der Waals surface area (Å²) in [4.78, 5) is 2.76. The van der Waals surface area contributed by atoms with E-state index in [-0.39, 0.29) is 11.3 Å². The maximum atomic E-state index is 12.8. The summed E-state index contributed by atoms with van der Waals surface area (Å²) in [7, 11) is -3.26. The summed E-state index contributed by atoms with van der Waals surface area (Å²) < 4.78 is 25.7. The Morgan fingerprint density at radius 3 is 2.40 bits per heavy atom. The third-order valence-corrected chi connectivity index (χ3v) is 7.99. The number of halogens is 1. The highest BCUT2D eigenvalue weighted by atomic mass is 35.5. The van der Waals surface area contributed by atoms with Gasteiger partial charge in [-0.15, -0.1) is 0 Å². The van der Waals surface area contributed by atoms with Gasteiger partial charge in [0.1, 0.15) is 0 Å². The molecule has 2 heterocycles. The van der Waals surface area contributed by atoms with Crippen molar-refractivity contribution in [2.75, 3.05) is 24.6 Å². The van der Waals surface area contributed by atoms with E-state index in [0.717, 1.165) is 18.8 Å². The van der Waals surface area contributed by atoms with Crippen LogP contribution in [0.1, 0.15) is 12.8 Å². The normalized spacial score (nSPS) is 28.1. The molecule has 6 heteroatoms. The summed E-state index contributed by atoms with van der Waals surface area (Å²) in [6.45, 7) is 2.08. The summed E-state index contributed by atoms with van der Waals surface area (Å²) in [6, 6.07) is 6.73. The van der Waals surface area contributed by atoms with E-state index in [2.05, 4.69) is 4.90 Å². The molecular formula is C14H18ClNO2S2. The summed E-state index contributed by atoms with van der Waals surface area (Å²) in [5, 5.41) is 0.285. The monoisotopic (exact) mass is 331 g/mol. The average Bonchev–Trinajstić information content (AvgIpc) is 3.10. The van der Waals surface area contributed by atoms with Gasteiger partial charge >= 0.3 is 0 Å². The quantitative estimate of drug-likeness (QED) is 0.853. The van der Waals surface area contributed by atoms with Crippen molar-refractivity contribution < 1.29 is 8.42 Å². The van der Waals surface area contributed by atoms with Crippen molar-refractivity contribution in [3.63, 3.8) is 0 Å². The lowest BCUT2D eigenvalue weighted by Gasteiger charge is -2.28. The number of rotatable bonds is 3. The predicted molar refractivity (Wildman–Crippen MR) is 84.3 cm³/mol. The second-order valence-corrected chi connectivity index (χ2v) is 9.06. The van der Waals surface area contributed by atoms with E-state index in [9.17, 15) is 8.42 Å². The minimum Gasteiger partial charge on any atom is -0.298 e. The highest BCUT2D eigenvalue weighted by molar-refractivity contribution is 8.01. The number of sulfone groups is 1. The third kappa shape index (κ3) is 2.73. The first kappa shape index (κ1) is 14.7. The summed E-state index contributed by atoms with van der Waals surface area (Å²) in [5.74, 6) is 1.63. The van der Waals surface area contributed by atoms with Gasteiger partial charge in [0, 0.05) is 22.6 Å². The lowest BCUT2D eigenvalue weighted by molar-refractivity contribution is 0.265. The zero-order chi connectivity index (χ0) is 14.2. The fourth-order valence-electron chi connectivity index (χ4n) is 3.03. The number of thioether (sulfide) groups is 1. The molecule has 0 unspecified atom stereocenters. The molecule has 2 aliphatic rings. The second-order valence-electron chi connectivity index (χ2n) is 5.39. The van der Waals surface area contributed by atoms with Gasteiger partial charge in [-0.05, 0) is 50.2 Å². The van der Waals surface area contributed by atoms with Gasteiger partial charge < -0.3 is 0 Å². The van der Waals surface area contributed by atoms with E-state index in [1.807, 2.05) is 0 Å². The topological polar surface area (TPSA) is 37.4 Å². The van der Waals surface area contributed by atoms with Gasteiger partial charge in [0.25, 0.3) is 0 Å². The molecular weight excluding hydrogens is 314 g/mol. The van der Waals surface area contributed by atoms with E-state index in [1.54, 1.807) is 36.0 Å². The Morgan fingerprint density at radius 1 is 1.10 bits per heavy atom. The highest BCUT2D eigenvalue weighted by Gasteiger charge is 2.42. The fraction of sp³-hybridized carbons (Fsp3) is 0.571. The van der Waals surface area contributed by atoms with Crippen molar-refractivity contribution in [1.82, 2.24) is 4.90 Å². The molecule has 0 spiro atoms. The van der Waals surface area contributed by atoms with Gasteiger partial charge in [0.15, 0.2) is 9.84 Å². The average molecular weight is 332 g/mol. The van der Waals surface area contributed by atoms with Crippen LogP contribution in [0, 0.1) is 0 Å². The van der Waals surface area contributed by atoms with Gasteiger partial charge in [0.2, 0.25) is 0 Å². The van der Waals surface area contributed by atoms with Gasteiger partial charge in [-0.3, -0.25) is 4.90 Å². The summed E-state index contributed by atoms with van der Waals surface area (Å²) in [5.41, 5.74) is 0. The Balaban J connectivity index is 1.87. The van der Waals surface area contributed by atoms with Crippen LogP contribution >= 0.6 is 23.4 Å². The zero-order valence-corrected chi connectivity index (χ0v) is 13.6. The molecule has 2 saturated heterocycles. The van der Waals surface area contributed by atoms with Crippen LogP contribution in [0.5, 0.6) is 0 Å². The minimum absolute atomic E-state index is 0.170. The van der Waals surface area contributed by atoms with Crippen molar-refractivity contribution in [3.05, 3.63) is 29.3 Å². The Hall–Kier alpha value is -0.230. The van der Waals surface area contributed by atoms with Gasteiger partial charge in [-0.2, -0.15) is 11.8 Å². The van der Waals surface area contributed by atoms with Crippen molar-refractivity contribution in [1.29, 1.82) is 0 Å². The van der Waals surface area contributed by atoms with Crippen LogP contribution in [0.25, 0.3) is 0 Å². The lowest BCUT2D eigenvalue weighted by Crippen LogP contribution is -2.44. The van der Waals surface area contributed by atoms with Crippen LogP contribution in [0.3, 0.4) is 0 Å². The van der Waals surface area contributed by atoms with Crippen LogP contribution in [-0.2, 0) is 9.84 Å². The van der Waals surface area contributed by atoms with Crippen LogP contribution in [0.2, 0.25) is 5.02 Å². The first-order valence-electron chi connectivity index (χ1n) is 6.90. The molecule has 0 N–H and O–H groups in total. The van der Waals surface area contributed by atoms with E-state index in [4.69, 9.17) is 11.6 Å². The van der Waals surface area contributed by atoms with Crippen LogP contribution in [0.15, 0.2) is 29.2 Å². The maximum absolute atomic E-state index is 12.8. The molecule has 1 aromatic rings. The molecule has 3 rings (SSSR count). The SMILES string of the molecule is O=S(=O)(c1ccc(Cl)cc1)[C@H]1CSC[C@@H]1N1CCCC1. The van der Waals surface area contributed by atoms with E-state index < -0.39 is 9.84 Å². The van der Waals surface area contributed by atoms with Crippen molar-refractivity contribution in [3.8, 4) is 0 Å². The highest BCUT2D eigenvalue weighted by Crippen LogP contribution is 2.33. The fourth-order valence-corrected chi connectivity index (χ4v) is 7.11. The van der Waals surface area contributed by atoms with E-state index >= 15 is 0 Å². The van der Waals surface area contributed by atoms with Gasteiger partial charge in [0.05, 0.1) is 10.1 Å². The van der Waals surface area contributed by atoms with Crippen LogP contribution in [-0.4, -0.2) is 49.2 Å². The van der Waals surface area contributed by atoms with Gasteiger partial charge in [-0.25, -0.2) is 8.42 Å². The number of likely N-dealkylation sites (tertiary alicyclic amines) is 1. The van der Waals surface area contributed by atoms with E-state index in [0.29, 0.717) is 15.7 Å². The molecule has 2 fully saturated rings. The minimum atomic E-state index is -3.26. The molecule has 2 aliphatic heterocycles. The number of hydrogen-bond acceptors (Lipinski definition) is 4. The van der Waals surface area contributed by atoms with Crippen molar-refractivity contribution in [2.24, 2.45) is 0 Å². The number of nitrogens with zero attached hydrogens (tertiary/aromatic N) is 1. The smallest absolute Gasteiger partial charge is 0.183 e. The van der Waals surface area contributed by atoms with Crippen molar-refractivity contribution >= 4 is 33.2 Å². The Bertz CT molecular complexity index is 567. The molecule has 110 valence electrons. The maximum Gasteiger partial charge on any atom is 0.183 e. The van der Waals surface area contributed by atoms with Gasteiger partial charge in [-0.1, -0.05) is 11.6 Å². The molecule has 0 saturated carbocycles. The van der Waals surface area contributed by atoms with Crippen molar-refractivity contribution in [2.45, 2.75) is 29.0 Å². The molecule has 0 bridgehead atoms. The van der Waals surface area contributed by atoms with Crippen LogP contribution < -0.4 is 0 Å². The first-order chi connectivity index (χ1) is 9.59. The molecule has 1 aromatic carbocycles. The molecule has 0 amide bonds. The predicted octanol–water partition coefficient (Wildman–Crippen LogP) is 2.69. The Labute approximate surface area is 129 Å². The largest absolute Gasteiger partial charge is 0.298 e. The summed E-state index contributed by atoms with van der Waals surface area (Å²) in [6.07, 6.45) is 2.38. The second kappa shape index (κ2) is 5.87. The summed E-state index contributed by atoms with van der Waals surface area (Å²) >= 11 is 7.60. The molecule has 0 aliphatic carbocycles. The standard InChI is InChI=1S/C14H18ClNO2S2/c15-11-3-5-12(6-4-11)20(17,18)14-10-19-9-13(14)16-7-1-2-8-16/h3-6,13-14H,1-2,7-10H2/t13-,14-/m0/s1. The molecule has 20 heavy (non-hydrogen) atoms. The Kier molecular flexibility index (Phi) is 4.32. The molecule has 3 nitrogen and oxygen atoms in total. The molecule has 0 radical (unpaired) electrons. The third-order valence-electron chi connectivity index (χ3n) is 4.15. The zero-order valence-electron chi connectivity index (χ0n) is 11.2. The lowest BCUT2D eigenvalue weighted by atomic mass is 10.2. The van der Waals surface area contributed by atoms with Crippen LogP contribution in [0.4, 0.5) is 0 Å². The molecule has 0 aromatic heterocycles. The van der Waals surface area contributed by atoms with E-state index in [1.165, 1.54) is 12.8 Å². The number of benzene rings is 1. The Morgan fingerprint density at radius 2 is 1.75 bits per heavy atom. The number of hydrogen-bond donors (Lipinski definition) is 0. The first-order valence-corrected chi connectivity index (χ1v) is 9.98.